The van der Waals surface area contributed by atoms with Crippen LogP contribution in [0.3, 0.4) is 0 Å². The Morgan fingerprint density at radius 1 is 1.00 bits per heavy atom. The predicted molar refractivity (Wildman–Crippen MR) is 85.9 cm³/mol. The molecule has 0 N–H and O–H groups in total. The lowest BCUT2D eigenvalue weighted by Crippen LogP contribution is -2.21. The molecule has 1 aliphatic heterocycles. The van der Waals surface area contributed by atoms with Crippen LogP contribution in [0, 0.1) is 5.82 Å². The van der Waals surface area contributed by atoms with Gasteiger partial charge >= 0.3 is 0 Å². The number of rotatable bonds is 3. The molecule has 4 rings (SSSR count). The summed E-state index contributed by atoms with van der Waals surface area (Å²) < 4.78 is 14.7. The zero-order valence-electron chi connectivity index (χ0n) is 12.3. The molecular formula is C17H14FN5. The number of benzene rings is 1. The van der Waals surface area contributed by atoms with Gasteiger partial charge in [-0.1, -0.05) is 12.2 Å². The fourth-order valence-electron chi connectivity index (χ4n) is 2.49. The summed E-state index contributed by atoms with van der Waals surface area (Å²) in [7, 11) is 0. The average molecular weight is 307 g/mol. The molecule has 3 aromatic rings. The van der Waals surface area contributed by atoms with Gasteiger partial charge < -0.3 is 4.90 Å². The minimum Gasteiger partial charge on any atom is -0.333 e. The van der Waals surface area contributed by atoms with Crippen molar-refractivity contribution in [3.05, 3.63) is 66.9 Å². The number of anilines is 1. The van der Waals surface area contributed by atoms with Crippen LogP contribution >= 0.6 is 0 Å². The molecule has 0 saturated carbocycles. The summed E-state index contributed by atoms with van der Waals surface area (Å²) in [6.45, 7) is 1.66. The topological polar surface area (TPSA) is 46.8 Å². The van der Waals surface area contributed by atoms with E-state index in [1.54, 1.807) is 29.2 Å². The molecule has 2 aromatic heterocycles. The first kappa shape index (κ1) is 13.6. The van der Waals surface area contributed by atoms with Crippen LogP contribution in [0.5, 0.6) is 0 Å². The second kappa shape index (κ2) is 5.64. The van der Waals surface area contributed by atoms with E-state index >= 15 is 0 Å². The molecule has 5 nitrogen and oxygen atoms in total. The molecule has 23 heavy (non-hydrogen) atoms. The fourth-order valence-corrected chi connectivity index (χ4v) is 2.49. The second-order valence-corrected chi connectivity index (χ2v) is 5.27. The maximum Gasteiger partial charge on any atom is 0.226 e. The van der Waals surface area contributed by atoms with Crippen molar-refractivity contribution in [2.45, 2.75) is 0 Å². The molecule has 0 radical (unpaired) electrons. The molecule has 0 unspecified atom stereocenters. The lowest BCUT2D eigenvalue weighted by atomic mass is 10.2. The van der Waals surface area contributed by atoms with Gasteiger partial charge in [-0.3, -0.25) is 0 Å². The van der Waals surface area contributed by atoms with Gasteiger partial charge in [-0.05, 0) is 30.3 Å². The minimum atomic E-state index is -0.263. The van der Waals surface area contributed by atoms with Crippen LogP contribution in [0.1, 0.15) is 0 Å². The van der Waals surface area contributed by atoms with Crippen molar-refractivity contribution >= 4 is 5.95 Å². The normalized spacial score (nSPS) is 13.7. The van der Waals surface area contributed by atoms with Crippen LogP contribution in [0.25, 0.3) is 16.9 Å². The van der Waals surface area contributed by atoms with Crippen LogP contribution in [-0.4, -0.2) is 32.8 Å². The maximum atomic E-state index is 13.0. The van der Waals surface area contributed by atoms with E-state index in [1.807, 2.05) is 12.3 Å². The largest absolute Gasteiger partial charge is 0.333 e. The van der Waals surface area contributed by atoms with Gasteiger partial charge in [-0.15, -0.1) is 0 Å². The lowest BCUT2D eigenvalue weighted by Gasteiger charge is -2.15. The van der Waals surface area contributed by atoms with Crippen LogP contribution < -0.4 is 4.90 Å². The molecule has 3 heterocycles. The van der Waals surface area contributed by atoms with Crippen molar-refractivity contribution < 1.29 is 4.39 Å². The van der Waals surface area contributed by atoms with Crippen LogP contribution in [0.4, 0.5) is 10.3 Å². The Balaban J connectivity index is 1.63. The van der Waals surface area contributed by atoms with Crippen molar-refractivity contribution in [3.63, 3.8) is 0 Å². The van der Waals surface area contributed by atoms with Crippen molar-refractivity contribution in [1.82, 2.24) is 19.7 Å². The molecule has 114 valence electrons. The zero-order valence-corrected chi connectivity index (χ0v) is 12.3. The monoisotopic (exact) mass is 307 g/mol. The molecule has 6 heteroatoms. The number of halogens is 1. The summed E-state index contributed by atoms with van der Waals surface area (Å²) in [4.78, 5) is 11.0. The summed E-state index contributed by atoms with van der Waals surface area (Å²) >= 11 is 0. The third kappa shape index (κ3) is 2.70. The van der Waals surface area contributed by atoms with E-state index in [0.29, 0.717) is 5.95 Å². The summed E-state index contributed by atoms with van der Waals surface area (Å²) in [6, 6.07) is 8.07. The van der Waals surface area contributed by atoms with Gasteiger partial charge in [0.15, 0.2) is 0 Å². The van der Waals surface area contributed by atoms with Crippen LogP contribution in [0.15, 0.2) is 61.1 Å². The quantitative estimate of drug-likeness (QED) is 0.698. The standard InChI is InChI=1S/C17H14FN5/c18-14-3-5-15(6-4-14)23-12-13(11-20-23)16-7-8-19-17(21-16)22-9-1-2-10-22/h1-8,11-12H,9-10H2. The number of aromatic nitrogens is 4. The van der Waals surface area contributed by atoms with Gasteiger partial charge in [0, 0.05) is 31.0 Å². The Kier molecular flexibility index (Phi) is 3.34. The zero-order chi connectivity index (χ0) is 15.6. The molecule has 1 aliphatic rings. The van der Waals surface area contributed by atoms with E-state index in [2.05, 4.69) is 32.1 Å². The first-order chi connectivity index (χ1) is 11.3. The molecule has 0 amide bonds. The maximum absolute atomic E-state index is 13.0. The third-order valence-electron chi connectivity index (χ3n) is 3.71. The molecule has 0 aliphatic carbocycles. The SMILES string of the molecule is Fc1ccc(-n2cc(-c3ccnc(N4CC=CC4)n3)cn2)cc1. The van der Waals surface area contributed by atoms with Crippen LogP contribution in [-0.2, 0) is 0 Å². The third-order valence-corrected chi connectivity index (χ3v) is 3.71. The van der Waals surface area contributed by atoms with E-state index < -0.39 is 0 Å². The second-order valence-electron chi connectivity index (χ2n) is 5.27. The molecule has 0 bridgehead atoms. The van der Waals surface area contributed by atoms with Gasteiger partial charge in [-0.25, -0.2) is 19.0 Å². The van der Waals surface area contributed by atoms with Crippen molar-refractivity contribution in [3.8, 4) is 16.9 Å². The Bertz CT molecular complexity index is 845. The van der Waals surface area contributed by atoms with Gasteiger partial charge in [0.2, 0.25) is 5.95 Å². The van der Waals surface area contributed by atoms with Crippen LogP contribution in [0.2, 0.25) is 0 Å². The number of hydrogen-bond donors (Lipinski definition) is 0. The van der Waals surface area contributed by atoms with Gasteiger partial charge in [-0.2, -0.15) is 5.10 Å². The summed E-state index contributed by atoms with van der Waals surface area (Å²) in [5.74, 6) is 0.447. The molecule has 0 spiro atoms. The number of hydrogen-bond acceptors (Lipinski definition) is 4. The highest BCUT2D eigenvalue weighted by molar-refractivity contribution is 5.59. The van der Waals surface area contributed by atoms with Gasteiger partial charge in [0.05, 0.1) is 17.6 Å². The predicted octanol–water partition coefficient (Wildman–Crippen LogP) is 2.84. The lowest BCUT2D eigenvalue weighted by molar-refractivity contribution is 0.627. The van der Waals surface area contributed by atoms with Crippen molar-refractivity contribution in [1.29, 1.82) is 0 Å². The van der Waals surface area contributed by atoms with E-state index in [-0.39, 0.29) is 5.82 Å². The van der Waals surface area contributed by atoms with Crippen molar-refractivity contribution in [2.75, 3.05) is 18.0 Å². The molecular weight excluding hydrogens is 293 g/mol. The van der Waals surface area contributed by atoms with Gasteiger partial charge in [0.1, 0.15) is 5.82 Å². The Morgan fingerprint density at radius 2 is 1.78 bits per heavy atom. The fraction of sp³-hybridized carbons (Fsp3) is 0.118. The van der Waals surface area contributed by atoms with Gasteiger partial charge in [0.25, 0.3) is 0 Å². The molecule has 1 aromatic carbocycles. The summed E-state index contributed by atoms with van der Waals surface area (Å²) in [5, 5.41) is 4.33. The first-order valence-corrected chi connectivity index (χ1v) is 7.33. The van der Waals surface area contributed by atoms with Crippen molar-refractivity contribution in [2.24, 2.45) is 0 Å². The highest BCUT2D eigenvalue weighted by Crippen LogP contribution is 2.20. The summed E-state index contributed by atoms with van der Waals surface area (Å²) in [5.41, 5.74) is 2.51. The minimum absolute atomic E-state index is 0.263. The summed E-state index contributed by atoms with van der Waals surface area (Å²) in [6.07, 6.45) is 9.58. The van der Waals surface area contributed by atoms with E-state index in [4.69, 9.17) is 0 Å². The average Bonchev–Trinajstić information content (AvgIpc) is 3.28. The highest BCUT2D eigenvalue weighted by atomic mass is 19.1. The Hall–Kier alpha value is -3.02. The molecule has 0 saturated heterocycles. The Labute approximate surface area is 132 Å². The van der Waals surface area contributed by atoms with E-state index in [9.17, 15) is 4.39 Å². The highest BCUT2D eigenvalue weighted by Gasteiger charge is 2.12. The smallest absolute Gasteiger partial charge is 0.226 e. The Morgan fingerprint density at radius 3 is 2.57 bits per heavy atom. The van der Waals surface area contributed by atoms with E-state index in [0.717, 1.165) is 30.0 Å². The number of nitrogens with zero attached hydrogens (tertiary/aromatic N) is 5. The first-order valence-electron chi connectivity index (χ1n) is 7.33. The molecule has 0 atom stereocenters. The molecule has 0 fully saturated rings. The van der Waals surface area contributed by atoms with E-state index in [1.165, 1.54) is 12.1 Å².